The summed E-state index contributed by atoms with van der Waals surface area (Å²) >= 11 is 6.25. The summed E-state index contributed by atoms with van der Waals surface area (Å²) in [5.74, 6) is 1.47. The molecule has 0 amide bonds. The van der Waals surface area contributed by atoms with Gasteiger partial charge in [0.1, 0.15) is 5.75 Å². The highest BCUT2D eigenvalue weighted by Gasteiger charge is 2.31. The zero-order valence-corrected chi connectivity index (χ0v) is 12.6. The fourth-order valence-corrected chi connectivity index (χ4v) is 3.95. The quantitative estimate of drug-likeness (QED) is 0.918. The molecule has 0 fully saturated rings. The molecule has 2 aromatic carbocycles. The van der Waals surface area contributed by atoms with Gasteiger partial charge in [-0.25, -0.2) is 0 Å². The van der Waals surface area contributed by atoms with E-state index in [1.54, 1.807) is 0 Å². The minimum absolute atomic E-state index is 0.109. The monoisotopic (exact) mass is 299 g/mol. The van der Waals surface area contributed by atoms with E-state index >= 15 is 0 Å². The lowest BCUT2D eigenvalue weighted by Gasteiger charge is -2.18. The molecule has 4 rings (SSSR count). The molecule has 1 aliphatic carbocycles. The first kappa shape index (κ1) is 13.2. The van der Waals surface area contributed by atoms with Gasteiger partial charge < -0.3 is 10.5 Å². The molecule has 2 N–H and O–H groups in total. The number of hydrogen-bond acceptors (Lipinski definition) is 2. The van der Waals surface area contributed by atoms with Crippen LogP contribution in [0, 0.1) is 5.92 Å². The van der Waals surface area contributed by atoms with E-state index in [0.29, 0.717) is 5.92 Å². The summed E-state index contributed by atoms with van der Waals surface area (Å²) in [7, 11) is 0. The van der Waals surface area contributed by atoms with Crippen LogP contribution in [0.25, 0.3) is 0 Å². The Balaban J connectivity index is 1.64. The maximum absolute atomic E-state index is 6.45. The van der Waals surface area contributed by atoms with Crippen LogP contribution in [0.4, 0.5) is 0 Å². The highest BCUT2D eigenvalue weighted by Crippen LogP contribution is 2.40. The van der Waals surface area contributed by atoms with E-state index in [1.807, 2.05) is 12.1 Å². The number of benzene rings is 2. The largest absolute Gasteiger partial charge is 0.493 e. The lowest BCUT2D eigenvalue weighted by Crippen LogP contribution is -2.19. The van der Waals surface area contributed by atoms with Gasteiger partial charge in [0, 0.05) is 17.5 Å². The van der Waals surface area contributed by atoms with Gasteiger partial charge >= 0.3 is 0 Å². The van der Waals surface area contributed by atoms with Crippen LogP contribution >= 0.6 is 11.6 Å². The lowest BCUT2D eigenvalue weighted by atomic mass is 9.92. The highest BCUT2D eigenvalue weighted by atomic mass is 35.5. The van der Waals surface area contributed by atoms with Gasteiger partial charge in [-0.15, -0.1) is 0 Å². The van der Waals surface area contributed by atoms with Crippen LogP contribution in [-0.4, -0.2) is 6.61 Å². The zero-order chi connectivity index (χ0) is 14.4. The minimum atomic E-state index is 0.109. The van der Waals surface area contributed by atoms with E-state index in [0.717, 1.165) is 36.6 Å². The topological polar surface area (TPSA) is 35.2 Å². The van der Waals surface area contributed by atoms with Gasteiger partial charge in [0.2, 0.25) is 0 Å². The van der Waals surface area contributed by atoms with Crippen LogP contribution in [0.2, 0.25) is 5.02 Å². The number of nitrogens with two attached hydrogens (primary N) is 1. The fraction of sp³-hybridized carbons (Fsp3) is 0.333. The van der Waals surface area contributed by atoms with Gasteiger partial charge in [0.05, 0.1) is 6.61 Å². The number of rotatable bonds is 2. The van der Waals surface area contributed by atoms with Crippen LogP contribution in [0.3, 0.4) is 0 Å². The molecule has 1 aliphatic heterocycles. The maximum atomic E-state index is 6.45. The molecular weight excluding hydrogens is 282 g/mol. The highest BCUT2D eigenvalue weighted by molar-refractivity contribution is 6.30. The van der Waals surface area contributed by atoms with Crippen molar-refractivity contribution in [3.05, 3.63) is 63.7 Å². The number of fused-ring (bicyclic) bond motifs is 2. The summed E-state index contributed by atoms with van der Waals surface area (Å²) in [4.78, 5) is 0. The lowest BCUT2D eigenvalue weighted by molar-refractivity contribution is 0.349. The summed E-state index contributed by atoms with van der Waals surface area (Å²) in [5.41, 5.74) is 11.6. The average molecular weight is 300 g/mol. The smallest absolute Gasteiger partial charge is 0.125 e. The Morgan fingerprint density at radius 2 is 2.05 bits per heavy atom. The van der Waals surface area contributed by atoms with Crippen molar-refractivity contribution in [2.24, 2.45) is 11.7 Å². The second-order valence-electron chi connectivity index (χ2n) is 6.04. The van der Waals surface area contributed by atoms with E-state index in [-0.39, 0.29) is 6.04 Å². The van der Waals surface area contributed by atoms with Crippen LogP contribution in [0.15, 0.2) is 36.4 Å². The summed E-state index contributed by atoms with van der Waals surface area (Å²) in [6, 6.07) is 12.7. The standard InChI is InChI=1S/C18H18ClNO/c19-15-9-12-5-6-21-18(12)14(10-15)8-13-7-11-3-1-2-4-16(11)17(13)20/h1-4,9-10,13,17H,5-8,20H2. The van der Waals surface area contributed by atoms with Crippen molar-refractivity contribution in [1.29, 1.82) is 0 Å². The van der Waals surface area contributed by atoms with E-state index in [1.165, 1.54) is 22.3 Å². The maximum Gasteiger partial charge on any atom is 0.125 e. The fourth-order valence-electron chi connectivity index (χ4n) is 3.69. The molecule has 1 heterocycles. The second kappa shape index (κ2) is 5.04. The van der Waals surface area contributed by atoms with Gasteiger partial charge in [0.25, 0.3) is 0 Å². The molecular formula is C18H18ClNO. The summed E-state index contributed by atoms with van der Waals surface area (Å²) < 4.78 is 5.81. The predicted molar refractivity (Wildman–Crippen MR) is 84.9 cm³/mol. The van der Waals surface area contributed by atoms with Crippen LogP contribution < -0.4 is 10.5 Å². The van der Waals surface area contributed by atoms with Gasteiger partial charge in [0.15, 0.2) is 0 Å². The van der Waals surface area contributed by atoms with Crippen molar-refractivity contribution in [3.8, 4) is 5.75 Å². The number of halogens is 1. The van der Waals surface area contributed by atoms with Crippen molar-refractivity contribution in [3.63, 3.8) is 0 Å². The van der Waals surface area contributed by atoms with E-state index in [2.05, 4.69) is 24.3 Å². The molecule has 0 saturated heterocycles. The summed E-state index contributed by atoms with van der Waals surface area (Å²) in [5, 5.41) is 0.804. The predicted octanol–water partition coefficient (Wildman–Crippen LogP) is 3.69. The first-order valence-electron chi connectivity index (χ1n) is 7.50. The van der Waals surface area contributed by atoms with Gasteiger partial charge in [-0.2, -0.15) is 0 Å². The third kappa shape index (κ3) is 2.23. The molecule has 2 aromatic rings. The minimum Gasteiger partial charge on any atom is -0.493 e. The molecule has 0 bridgehead atoms. The van der Waals surface area contributed by atoms with Crippen molar-refractivity contribution in [2.75, 3.05) is 6.61 Å². The number of hydrogen-bond donors (Lipinski definition) is 1. The molecule has 3 heteroatoms. The Bertz CT molecular complexity index is 698. The molecule has 2 unspecified atom stereocenters. The average Bonchev–Trinajstić information content (AvgIpc) is 3.05. The summed E-state index contributed by atoms with van der Waals surface area (Å²) in [6.07, 6.45) is 2.93. The van der Waals surface area contributed by atoms with Gasteiger partial charge in [-0.05, 0) is 53.1 Å². The van der Waals surface area contributed by atoms with Crippen molar-refractivity contribution < 1.29 is 4.74 Å². The first-order chi connectivity index (χ1) is 10.2. The molecule has 0 radical (unpaired) electrons. The second-order valence-corrected chi connectivity index (χ2v) is 6.48. The van der Waals surface area contributed by atoms with E-state index < -0.39 is 0 Å². The SMILES string of the molecule is NC1c2ccccc2CC1Cc1cc(Cl)cc2c1OCC2. The Hall–Kier alpha value is -1.51. The molecule has 0 spiro atoms. The first-order valence-corrected chi connectivity index (χ1v) is 7.87. The van der Waals surface area contributed by atoms with Crippen molar-refractivity contribution >= 4 is 11.6 Å². The third-order valence-corrected chi connectivity index (χ3v) is 4.93. The van der Waals surface area contributed by atoms with Crippen molar-refractivity contribution in [2.45, 2.75) is 25.3 Å². The van der Waals surface area contributed by atoms with E-state index in [9.17, 15) is 0 Å². The van der Waals surface area contributed by atoms with Gasteiger partial charge in [-0.3, -0.25) is 0 Å². The number of ether oxygens (including phenoxy) is 1. The van der Waals surface area contributed by atoms with Crippen LogP contribution in [0.1, 0.15) is 28.3 Å². The normalized spacial score (nSPS) is 22.8. The van der Waals surface area contributed by atoms with E-state index in [4.69, 9.17) is 22.1 Å². The molecule has 0 aromatic heterocycles. The Morgan fingerprint density at radius 1 is 1.19 bits per heavy atom. The molecule has 0 saturated carbocycles. The zero-order valence-electron chi connectivity index (χ0n) is 11.8. The Labute approximate surface area is 129 Å². The van der Waals surface area contributed by atoms with Crippen LogP contribution in [0.5, 0.6) is 5.75 Å². The van der Waals surface area contributed by atoms with Gasteiger partial charge in [-0.1, -0.05) is 35.9 Å². The van der Waals surface area contributed by atoms with Crippen LogP contribution in [-0.2, 0) is 19.3 Å². The Kier molecular flexibility index (Phi) is 3.16. The molecule has 2 atom stereocenters. The van der Waals surface area contributed by atoms with Crippen molar-refractivity contribution in [1.82, 2.24) is 0 Å². The molecule has 108 valence electrons. The third-order valence-electron chi connectivity index (χ3n) is 4.71. The molecule has 2 nitrogen and oxygen atoms in total. The Morgan fingerprint density at radius 3 is 2.90 bits per heavy atom. The molecule has 2 aliphatic rings. The molecule has 21 heavy (non-hydrogen) atoms. The summed E-state index contributed by atoms with van der Waals surface area (Å²) in [6.45, 7) is 0.764.